The van der Waals surface area contributed by atoms with Crippen molar-refractivity contribution in [3.8, 4) is 0 Å². The topological polar surface area (TPSA) is 26.3 Å². The monoisotopic (exact) mass is 284 g/mol. The van der Waals surface area contributed by atoms with Crippen molar-refractivity contribution >= 4 is 21.9 Å². The summed E-state index contributed by atoms with van der Waals surface area (Å²) in [5.41, 5.74) is 2.48. The Bertz CT molecular complexity index is 361. The molecule has 16 heavy (non-hydrogen) atoms. The molecule has 2 nitrogen and oxygen atoms in total. The number of carbonyl (C=O) groups excluding carboxylic acids is 1. The van der Waals surface area contributed by atoms with Gasteiger partial charge in [0.1, 0.15) is 0 Å². The Labute approximate surface area is 105 Å². The highest BCUT2D eigenvalue weighted by Gasteiger charge is 2.05. The van der Waals surface area contributed by atoms with E-state index in [-0.39, 0.29) is 5.97 Å². The molecule has 0 heterocycles. The van der Waals surface area contributed by atoms with Gasteiger partial charge < -0.3 is 4.74 Å². The third-order valence-electron chi connectivity index (χ3n) is 2.40. The van der Waals surface area contributed by atoms with Gasteiger partial charge in [0.15, 0.2) is 0 Å². The predicted octanol–water partition coefficient (Wildman–Crippen LogP) is 3.64. The van der Waals surface area contributed by atoms with Crippen LogP contribution < -0.4 is 0 Å². The van der Waals surface area contributed by atoms with Gasteiger partial charge in [-0.05, 0) is 37.8 Å². The lowest BCUT2D eigenvalue weighted by molar-refractivity contribution is -0.143. The second kappa shape index (κ2) is 6.69. The van der Waals surface area contributed by atoms with Gasteiger partial charge in [-0.1, -0.05) is 34.1 Å². The molecule has 0 aliphatic heterocycles. The molecule has 1 rings (SSSR count). The van der Waals surface area contributed by atoms with Crippen LogP contribution in [0.3, 0.4) is 0 Å². The molecule has 0 unspecified atom stereocenters. The summed E-state index contributed by atoms with van der Waals surface area (Å²) < 4.78 is 6.03. The van der Waals surface area contributed by atoms with Gasteiger partial charge in [-0.3, -0.25) is 4.79 Å². The summed E-state index contributed by atoms with van der Waals surface area (Å²) in [5, 5.41) is 0. The second-order valence-corrected chi connectivity index (χ2v) is 4.50. The zero-order valence-electron chi connectivity index (χ0n) is 9.75. The molecule has 0 aliphatic rings. The van der Waals surface area contributed by atoms with Gasteiger partial charge in [-0.2, -0.15) is 0 Å². The van der Waals surface area contributed by atoms with E-state index >= 15 is 0 Å². The number of esters is 1. The third kappa shape index (κ3) is 3.97. The van der Waals surface area contributed by atoms with Crippen molar-refractivity contribution in [2.24, 2.45) is 0 Å². The molecule has 0 atom stereocenters. The summed E-state index contributed by atoms with van der Waals surface area (Å²) in [7, 11) is 0. The van der Waals surface area contributed by atoms with Gasteiger partial charge >= 0.3 is 5.97 Å². The molecule has 0 aliphatic carbocycles. The van der Waals surface area contributed by atoms with Crippen LogP contribution >= 0.6 is 15.9 Å². The SMILES string of the molecule is CCOC(=O)CCCc1cccc(C)c1Br. The number of hydrogen-bond acceptors (Lipinski definition) is 2. The van der Waals surface area contributed by atoms with E-state index in [1.165, 1.54) is 11.1 Å². The van der Waals surface area contributed by atoms with Crippen molar-refractivity contribution in [3.63, 3.8) is 0 Å². The highest BCUT2D eigenvalue weighted by atomic mass is 79.9. The van der Waals surface area contributed by atoms with Crippen LogP contribution in [0.15, 0.2) is 22.7 Å². The van der Waals surface area contributed by atoms with E-state index in [2.05, 4.69) is 35.0 Å². The van der Waals surface area contributed by atoms with Crippen LogP contribution in [0.2, 0.25) is 0 Å². The standard InChI is InChI=1S/C13H17BrO2/c1-3-16-12(15)9-5-8-11-7-4-6-10(2)13(11)14/h4,6-7H,3,5,8-9H2,1-2H3. The summed E-state index contributed by atoms with van der Waals surface area (Å²) in [6.07, 6.45) is 2.23. The smallest absolute Gasteiger partial charge is 0.305 e. The van der Waals surface area contributed by atoms with Gasteiger partial charge in [0.2, 0.25) is 0 Å². The molecule has 88 valence electrons. The molecule has 1 aromatic carbocycles. The number of halogens is 1. The summed E-state index contributed by atoms with van der Waals surface area (Å²) in [4.78, 5) is 11.2. The number of benzene rings is 1. The Morgan fingerprint density at radius 2 is 2.19 bits per heavy atom. The van der Waals surface area contributed by atoms with Gasteiger partial charge in [0.25, 0.3) is 0 Å². The molecule has 0 saturated carbocycles. The first-order chi connectivity index (χ1) is 7.65. The average Bonchev–Trinajstić information content (AvgIpc) is 2.25. The minimum Gasteiger partial charge on any atom is -0.466 e. The maximum atomic E-state index is 11.2. The molecule has 0 aromatic heterocycles. The van der Waals surface area contributed by atoms with Gasteiger partial charge in [0.05, 0.1) is 6.61 Å². The van der Waals surface area contributed by atoms with E-state index in [1.807, 2.05) is 13.0 Å². The van der Waals surface area contributed by atoms with Crippen molar-refractivity contribution in [2.45, 2.75) is 33.1 Å². The summed E-state index contributed by atoms with van der Waals surface area (Å²) in [5.74, 6) is -0.105. The summed E-state index contributed by atoms with van der Waals surface area (Å²) in [6.45, 7) is 4.36. The number of aryl methyl sites for hydroxylation is 2. The normalized spacial score (nSPS) is 10.2. The molecule has 0 N–H and O–H groups in total. The quantitative estimate of drug-likeness (QED) is 0.772. The summed E-state index contributed by atoms with van der Waals surface area (Å²) >= 11 is 3.56. The average molecular weight is 285 g/mol. The molecule has 0 saturated heterocycles. The van der Waals surface area contributed by atoms with E-state index < -0.39 is 0 Å². The third-order valence-corrected chi connectivity index (χ3v) is 3.54. The lowest BCUT2D eigenvalue weighted by Crippen LogP contribution is -2.04. The molecular weight excluding hydrogens is 268 g/mol. The Balaban J connectivity index is 2.43. The van der Waals surface area contributed by atoms with Crippen LogP contribution in [0.1, 0.15) is 30.9 Å². The molecule has 3 heteroatoms. The van der Waals surface area contributed by atoms with Crippen LogP contribution in [0, 0.1) is 6.92 Å². The Morgan fingerprint density at radius 3 is 2.88 bits per heavy atom. The first-order valence-electron chi connectivity index (χ1n) is 5.54. The molecule has 0 spiro atoms. The molecule has 1 aromatic rings. The van der Waals surface area contributed by atoms with Crippen LogP contribution in [0.4, 0.5) is 0 Å². The van der Waals surface area contributed by atoms with Crippen LogP contribution in [-0.4, -0.2) is 12.6 Å². The van der Waals surface area contributed by atoms with Crippen molar-refractivity contribution in [2.75, 3.05) is 6.61 Å². The van der Waals surface area contributed by atoms with Gasteiger partial charge in [-0.15, -0.1) is 0 Å². The Hall–Kier alpha value is -0.830. The molecular formula is C13H17BrO2. The van der Waals surface area contributed by atoms with Crippen LogP contribution in [0.25, 0.3) is 0 Å². The fraction of sp³-hybridized carbons (Fsp3) is 0.462. The minimum atomic E-state index is -0.105. The lowest BCUT2D eigenvalue weighted by Gasteiger charge is -2.06. The van der Waals surface area contributed by atoms with Crippen molar-refractivity contribution < 1.29 is 9.53 Å². The van der Waals surface area contributed by atoms with E-state index in [0.717, 1.165) is 17.3 Å². The zero-order valence-corrected chi connectivity index (χ0v) is 11.3. The number of rotatable bonds is 5. The maximum absolute atomic E-state index is 11.2. The highest BCUT2D eigenvalue weighted by Crippen LogP contribution is 2.22. The van der Waals surface area contributed by atoms with E-state index in [4.69, 9.17) is 4.74 Å². The predicted molar refractivity (Wildman–Crippen MR) is 68.5 cm³/mol. The van der Waals surface area contributed by atoms with E-state index in [9.17, 15) is 4.79 Å². The second-order valence-electron chi connectivity index (χ2n) is 3.71. The molecule has 0 radical (unpaired) electrons. The zero-order chi connectivity index (χ0) is 12.0. The fourth-order valence-corrected chi connectivity index (χ4v) is 2.02. The van der Waals surface area contributed by atoms with Crippen molar-refractivity contribution in [1.29, 1.82) is 0 Å². The Morgan fingerprint density at radius 1 is 1.44 bits per heavy atom. The highest BCUT2D eigenvalue weighted by molar-refractivity contribution is 9.10. The van der Waals surface area contributed by atoms with E-state index in [0.29, 0.717) is 13.0 Å². The number of hydrogen-bond donors (Lipinski definition) is 0. The number of ether oxygens (including phenoxy) is 1. The first kappa shape index (κ1) is 13.2. The van der Waals surface area contributed by atoms with Gasteiger partial charge in [-0.25, -0.2) is 0 Å². The fourth-order valence-electron chi connectivity index (χ4n) is 1.56. The number of carbonyl (C=O) groups is 1. The Kier molecular flexibility index (Phi) is 5.53. The van der Waals surface area contributed by atoms with Gasteiger partial charge in [0, 0.05) is 10.9 Å². The largest absolute Gasteiger partial charge is 0.466 e. The van der Waals surface area contributed by atoms with Crippen molar-refractivity contribution in [3.05, 3.63) is 33.8 Å². The first-order valence-corrected chi connectivity index (χ1v) is 6.34. The van der Waals surface area contributed by atoms with Crippen LogP contribution in [0.5, 0.6) is 0 Å². The molecule has 0 bridgehead atoms. The lowest BCUT2D eigenvalue weighted by atomic mass is 10.1. The maximum Gasteiger partial charge on any atom is 0.305 e. The molecule has 0 amide bonds. The van der Waals surface area contributed by atoms with E-state index in [1.54, 1.807) is 0 Å². The van der Waals surface area contributed by atoms with Crippen LogP contribution in [-0.2, 0) is 16.0 Å². The molecule has 0 fully saturated rings. The van der Waals surface area contributed by atoms with Crippen molar-refractivity contribution in [1.82, 2.24) is 0 Å². The summed E-state index contributed by atoms with van der Waals surface area (Å²) in [6, 6.07) is 6.20. The minimum absolute atomic E-state index is 0.105.